The molecule has 0 radical (unpaired) electrons. The summed E-state index contributed by atoms with van der Waals surface area (Å²) in [5.74, 6) is 0.175. The first-order chi connectivity index (χ1) is 20.9. The maximum Gasteiger partial charge on any atom is 0.311 e. The number of ether oxygens (including phenoxy) is 2. The van der Waals surface area contributed by atoms with Crippen molar-refractivity contribution in [1.29, 1.82) is 0 Å². The Morgan fingerprint density at radius 3 is 1.82 bits per heavy atom. The van der Waals surface area contributed by atoms with Crippen LogP contribution in [0.4, 0.5) is 11.4 Å². The molecule has 0 aliphatic heterocycles. The Morgan fingerprint density at radius 1 is 0.909 bits per heavy atom. The molecule has 44 heavy (non-hydrogen) atoms. The molecule has 0 aliphatic carbocycles. The quantitative estimate of drug-likeness (QED) is 0.0524. The zero-order valence-corrected chi connectivity index (χ0v) is 24.9. The van der Waals surface area contributed by atoms with Gasteiger partial charge >= 0.3 is 11.4 Å². The maximum atomic E-state index is 11.2. The lowest BCUT2D eigenvalue weighted by atomic mass is 10.0. The van der Waals surface area contributed by atoms with Crippen molar-refractivity contribution < 1.29 is 39.7 Å². The third kappa shape index (κ3) is 10.6. The molecule has 2 aromatic carbocycles. The number of aliphatic hydroxyl groups is 4. The van der Waals surface area contributed by atoms with Crippen LogP contribution in [0.3, 0.4) is 0 Å². The van der Waals surface area contributed by atoms with Crippen LogP contribution in [0.5, 0.6) is 11.5 Å². The third-order valence-corrected chi connectivity index (χ3v) is 6.11. The molecular formula is C24H30N8O10S2. The molecule has 0 amide bonds. The number of benzene rings is 2. The van der Waals surface area contributed by atoms with Gasteiger partial charge in [0.1, 0.15) is 24.0 Å². The summed E-state index contributed by atoms with van der Waals surface area (Å²) >= 11 is 10.3. The van der Waals surface area contributed by atoms with Gasteiger partial charge in [0.2, 0.25) is 0 Å². The summed E-state index contributed by atoms with van der Waals surface area (Å²) in [6.07, 6.45) is -4.50. The number of methoxy groups -OCH3 is 2. The third-order valence-electron chi connectivity index (χ3n) is 5.64. The first-order valence-electron chi connectivity index (χ1n) is 12.4. The van der Waals surface area contributed by atoms with Crippen LogP contribution in [0.25, 0.3) is 0 Å². The SMILES string of the molecule is COc1ccc(CNC(=S)N/N=C(/C=N/NC(=S)NCc2ccc(OC)c([N+](=O)[O-])c2)[C@@H](O)[C@H](O)[C@H](O)CO)cc1[N+](=O)[O-]. The number of thiocarbonyl (C=S) groups is 2. The molecule has 0 fully saturated rings. The molecule has 2 aromatic rings. The number of hydrazone groups is 2. The van der Waals surface area contributed by atoms with Gasteiger partial charge in [-0.3, -0.25) is 31.1 Å². The first-order valence-corrected chi connectivity index (χ1v) is 13.2. The highest BCUT2D eigenvalue weighted by atomic mass is 32.1. The van der Waals surface area contributed by atoms with Crippen LogP contribution in [0, 0.1) is 20.2 Å². The van der Waals surface area contributed by atoms with E-state index in [0.29, 0.717) is 11.1 Å². The van der Waals surface area contributed by atoms with E-state index in [1.807, 2.05) is 0 Å². The van der Waals surface area contributed by atoms with Crippen LogP contribution in [0.1, 0.15) is 11.1 Å². The van der Waals surface area contributed by atoms with Gasteiger partial charge in [-0.05, 0) is 47.7 Å². The van der Waals surface area contributed by atoms with Crippen LogP contribution in [-0.4, -0.2) is 91.6 Å². The zero-order chi connectivity index (χ0) is 32.8. The highest BCUT2D eigenvalue weighted by molar-refractivity contribution is 7.80. The molecule has 18 nitrogen and oxygen atoms in total. The summed E-state index contributed by atoms with van der Waals surface area (Å²) in [5, 5.41) is 75.1. The lowest BCUT2D eigenvalue weighted by molar-refractivity contribution is -0.385. The number of hydrogen-bond acceptors (Lipinski definition) is 14. The smallest absolute Gasteiger partial charge is 0.311 e. The first kappa shape index (κ1) is 35.6. The minimum atomic E-state index is -1.87. The molecule has 0 unspecified atom stereocenters. The van der Waals surface area contributed by atoms with Gasteiger partial charge in [-0.1, -0.05) is 12.1 Å². The Morgan fingerprint density at radius 2 is 1.39 bits per heavy atom. The Kier molecular flexibility index (Phi) is 14.2. The van der Waals surface area contributed by atoms with Crippen molar-refractivity contribution in [1.82, 2.24) is 21.5 Å². The Hall–Kier alpha value is -4.60. The number of aliphatic hydroxyl groups excluding tert-OH is 4. The van der Waals surface area contributed by atoms with Crippen LogP contribution in [0.15, 0.2) is 46.6 Å². The normalized spacial score (nSPS) is 13.4. The van der Waals surface area contributed by atoms with E-state index in [1.54, 1.807) is 12.1 Å². The largest absolute Gasteiger partial charge is 0.490 e. The summed E-state index contributed by atoms with van der Waals surface area (Å²) in [4.78, 5) is 21.3. The number of nitro benzene ring substituents is 2. The van der Waals surface area contributed by atoms with Crippen molar-refractivity contribution in [3.63, 3.8) is 0 Å². The number of rotatable bonds is 15. The van der Waals surface area contributed by atoms with Gasteiger partial charge in [0.05, 0.1) is 36.9 Å². The van der Waals surface area contributed by atoms with Gasteiger partial charge in [0.25, 0.3) is 0 Å². The Balaban J connectivity index is 2.07. The molecule has 8 N–H and O–H groups in total. The van der Waals surface area contributed by atoms with Crippen LogP contribution < -0.4 is 31.0 Å². The van der Waals surface area contributed by atoms with Crippen molar-refractivity contribution in [2.24, 2.45) is 10.2 Å². The molecular weight excluding hydrogens is 624 g/mol. The monoisotopic (exact) mass is 654 g/mol. The molecule has 0 saturated carbocycles. The number of nitro groups is 2. The molecule has 0 bridgehead atoms. The van der Waals surface area contributed by atoms with Crippen LogP contribution >= 0.6 is 24.4 Å². The van der Waals surface area contributed by atoms with Crippen molar-refractivity contribution >= 4 is 58.0 Å². The van der Waals surface area contributed by atoms with Gasteiger partial charge in [0, 0.05) is 25.2 Å². The van der Waals surface area contributed by atoms with E-state index in [0.717, 1.165) is 6.21 Å². The summed E-state index contributed by atoms with van der Waals surface area (Å²) in [5.41, 5.74) is 5.04. The molecule has 3 atom stereocenters. The number of nitrogens with one attached hydrogen (secondary N) is 4. The van der Waals surface area contributed by atoms with Crippen molar-refractivity contribution in [3.8, 4) is 11.5 Å². The van der Waals surface area contributed by atoms with Gasteiger partial charge in [-0.2, -0.15) is 10.2 Å². The standard InChI is InChI=1S/C24H30N8O10S2/c1-41-19-5-3-13(7-16(19)31(37)38)9-25-23(43)29-27-11-15(21(35)22(36)18(34)12-33)28-30-24(44)26-10-14-4-6-20(42-2)17(8-14)32(39)40/h3-8,11,18,21-22,33-36H,9-10,12H2,1-2H3,(H2,25,29,43)(H2,26,30,44)/b27-11+,28-15-/t18-,21-,22-/m1/s1. The van der Waals surface area contributed by atoms with E-state index < -0.39 is 34.8 Å². The van der Waals surface area contributed by atoms with Crippen molar-refractivity contribution in [2.75, 3.05) is 20.8 Å². The Labute approximate surface area is 260 Å². The van der Waals surface area contributed by atoms with E-state index >= 15 is 0 Å². The molecule has 0 aromatic heterocycles. The number of nitrogens with zero attached hydrogens (tertiary/aromatic N) is 4. The molecule has 0 spiro atoms. The van der Waals surface area contributed by atoms with Gasteiger partial charge in [-0.25, -0.2) is 0 Å². The van der Waals surface area contributed by atoms with Gasteiger partial charge in [-0.15, -0.1) is 0 Å². The molecule has 0 aliphatic rings. The second kappa shape index (κ2) is 17.5. The average Bonchev–Trinajstić information content (AvgIpc) is 3.02. The fourth-order valence-electron chi connectivity index (χ4n) is 3.36. The fourth-order valence-corrected chi connectivity index (χ4v) is 3.60. The topological polar surface area (TPSA) is 258 Å². The van der Waals surface area contributed by atoms with Crippen LogP contribution in [0.2, 0.25) is 0 Å². The second-order valence-electron chi connectivity index (χ2n) is 8.60. The predicted molar refractivity (Wildman–Crippen MR) is 165 cm³/mol. The fraction of sp³-hybridized carbons (Fsp3) is 0.333. The minimum absolute atomic E-state index is 0.0248. The lowest BCUT2D eigenvalue weighted by Crippen LogP contribution is -2.45. The van der Waals surface area contributed by atoms with E-state index in [-0.39, 0.29) is 51.9 Å². The minimum Gasteiger partial charge on any atom is -0.490 e. The maximum absolute atomic E-state index is 11.2. The predicted octanol–water partition coefficient (Wildman–Crippen LogP) is -0.435. The average molecular weight is 655 g/mol. The number of hydrogen-bond donors (Lipinski definition) is 8. The highest BCUT2D eigenvalue weighted by Crippen LogP contribution is 2.28. The molecule has 238 valence electrons. The zero-order valence-electron chi connectivity index (χ0n) is 23.2. The highest BCUT2D eigenvalue weighted by Gasteiger charge is 2.28. The van der Waals surface area contributed by atoms with E-state index in [9.17, 15) is 35.5 Å². The van der Waals surface area contributed by atoms with Crippen molar-refractivity contribution in [3.05, 3.63) is 67.8 Å². The van der Waals surface area contributed by atoms with Crippen molar-refractivity contribution in [2.45, 2.75) is 31.4 Å². The molecule has 20 heteroatoms. The molecule has 0 heterocycles. The van der Waals surface area contributed by atoms with E-state index in [2.05, 4.69) is 31.7 Å². The van der Waals surface area contributed by atoms with E-state index in [4.69, 9.17) is 39.0 Å². The van der Waals surface area contributed by atoms with Gasteiger partial charge < -0.3 is 40.5 Å². The molecule has 2 rings (SSSR count). The summed E-state index contributed by atoms with van der Waals surface area (Å²) < 4.78 is 9.93. The summed E-state index contributed by atoms with van der Waals surface area (Å²) in [6, 6.07) is 8.65. The molecule has 0 saturated heterocycles. The summed E-state index contributed by atoms with van der Waals surface area (Å²) in [6.45, 7) is -0.737. The summed E-state index contributed by atoms with van der Waals surface area (Å²) in [7, 11) is 2.62. The van der Waals surface area contributed by atoms with Crippen LogP contribution in [-0.2, 0) is 13.1 Å². The second-order valence-corrected chi connectivity index (χ2v) is 9.41. The van der Waals surface area contributed by atoms with Gasteiger partial charge in [0.15, 0.2) is 21.7 Å². The Bertz CT molecular complexity index is 1410. The van der Waals surface area contributed by atoms with E-state index in [1.165, 1.54) is 38.5 Å². The lowest BCUT2D eigenvalue weighted by Gasteiger charge is -2.21.